The van der Waals surface area contributed by atoms with E-state index in [1.54, 1.807) is 12.4 Å². The first-order valence-electron chi connectivity index (χ1n) is 6.87. The number of carbonyl (C=O) groups is 1. The topological polar surface area (TPSA) is 46.1 Å². The molecule has 2 aliphatic rings. The minimum Gasteiger partial charge on any atom is -0.337 e. The van der Waals surface area contributed by atoms with Gasteiger partial charge in [-0.2, -0.15) is 0 Å². The number of aromatic nitrogens is 2. The van der Waals surface area contributed by atoms with Crippen molar-refractivity contribution in [3.05, 3.63) is 35.4 Å². The van der Waals surface area contributed by atoms with Crippen LogP contribution in [0.3, 0.4) is 0 Å². The van der Waals surface area contributed by atoms with Crippen molar-refractivity contribution in [2.75, 3.05) is 13.1 Å². The highest BCUT2D eigenvalue weighted by Gasteiger charge is 2.36. The van der Waals surface area contributed by atoms with Gasteiger partial charge in [-0.3, -0.25) is 9.78 Å². The summed E-state index contributed by atoms with van der Waals surface area (Å²) in [6.07, 6.45) is 7.81. The van der Waals surface area contributed by atoms with E-state index in [-0.39, 0.29) is 5.91 Å². The molecule has 4 nitrogen and oxygen atoms in total. The predicted octanol–water partition coefficient (Wildman–Crippen LogP) is 2.21. The number of nitrogens with zero attached hydrogens (tertiary/aromatic N) is 3. The zero-order valence-electron chi connectivity index (χ0n) is 11.5. The van der Waals surface area contributed by atoms with Gasteiger partial charge in [0, 0.05) is 19.3 Å². The van der Waals surface area contributed by atoms with Crippen LogP contribution in [0.2, 0.25) is 0 Å². The van der Waals surface area contributed by atoms with Crippen molar-refractivity contribution in [2.45, 2.75) is 26.7 Å². The van der Waals surface area contributed by atoms with Gasteiger partial charge in [0.25, 0.3) is 5.91 Å². The molecule has 1 aliphatic carbocycles. The van der Waals surface area contributed by atoms with Crippen LogP contribution in [0.4, 0.5) is 0 Å². The summed E-state index contributed by atoms with van der Waals surface area (Å²) in [6, 6.07) is 0. The van der Waals surface area contributed by atoms with Gasteiger partial charge in [-0.1, -0.05) is 11.6 Å². The smallest absolute Gasteiger partial charge is 0.274 e. The lowest BCUT2D eigenvalue weighted by atomic mass is 9.83. The van der Waals surface area contributed by atoms with E-state index in [1.165, 1.54) is 5.57 Å². The summed E-state index contributed by atoms with van der Waals surface area (Å²) in [7, 11) is 0. The van der Waals surface area contributed by atoms with Crippen molar-refractivity contribution in [1.82, 2.24) is 14.9 Å². The molecule has 4 heteroatoms. The first-order chi connectivity index (χ1) is 9.13. The molecule has 100 valence electrons. The summed E-state index contributed by atoms with van der Waals surface area (Å²) >= 11 is 0. The Morgan fingerprint density at radius 3 is 2.74 bits per heavy atom. The maximum absolute atomic E-state index is 12.4. The first-order valence-corrected chi connectivity index (χ1v) is 6.87. The van der Waals surface area contributed by atoms with Gasteiger partial charge in [0.05, 0.1) is 11.9 Å². The van der Waals surface area contributed by atoms with Crippen molar-refractivity contribution in [3.8, 4) is 0 Å². The standard InChI is InChI=1S/C15H19N3O/c1-10-3-4-12-8-18(9-13(12)5-10)15(19)14-7-16-11(2)6-17-14/h3,6-7,12-13H,4-5,8-9H2,1-2H3/t12-,13+/m0/s1. The number of amides is 1. The highest BCUT2D eigenvalue weighted by atomic mass is 16.2. The van der Waals surface area contributed by atoms with Crippen molar-refractivity contribution in [1.29, 1.82) is 0 Å². The maximum atomic E-state index is 12.4. The largest absolute Gasteiger partial charge is 0.337 e. The number of aryl methyl sites for hydroxylation is 1. The van der Waals surface area contributed by atoms with E-state index in [1.807, 2.05) is 11.8 Å². The van der Waals surface area contributed by atoms with Gasteiger partial charge >= 0.3 is 0 Å². The Morgan fingerprint density at radius 1 is 1.21 bits per heavy atom. The summed E-state index contributed by atoms with van der Waals surface area (Å²) < 4.78 is 0. The van der Waals surface area contributed by atoms with E-state index >= 15 is 0 Å². The van der Waals surface area contributed by atoms with E-state index in [9.17, 15) is 4.79 Å². The molecule has 3 rings (SSSR count). The van der Waals surface area contributed by atoms with Crippen LogP contribution in [0, 0.1) is 18.8 Å². The lowest BCUT2D eigenvalue weighted by Gasteiger charge is -2.21. The number of fused-ring (bicyclic) bond motifs is 1. The molecule has 0 radical (unpaired) electrons. The number of likely N-dealkylation sites (tertiary alicyclic amines) is 1. The van der Waals surface area contributed by atoms with Crippen LogP contribution in [0.15, 0.2) is 24.0 Å². The Kier molecular flexibility index (Phi) is 3.09. The second-order valence-electron chi connectivity index (χ2n) is 5.76. The van der Waals surface area contributed by atoms with Crippen molar-refractivity contribution < 1.29 is 4.79 Å². The second kappa shape index (κ2) is 4.76. The molecule has 1 aliphatic heterocycles. The Balaban J connectivity index is 1.71. The zero-order chi connectivity index (χ0) is 13.4. The molecule has 0 aromatic carbocycles. The molecule has 2 heterocycles. The molecule has 0 N–H and O–H groups in total. The van der Waals surface area contributed by atoms with Crippen LogP contribution in [0.5, 0.6) is 0 Å². The molecule has 1 fully saturated rings. The third kappa shape index (κ3) is 2.39. The van der Waals surface area contributed by atoms with Gasteiger partial charge in [0.15, 0.2) is 0 Å². The van der Waals surface area contributed by atoms with Crippen LogP contribution in [-0.2, 0) is 0 Å². The number of hydrogen-bond acceptors (Lipinski definition) is 3. The first kappa shape index (κ1) is 12.3. The molecule has 1 amide bonds. The summed E-state index contributed by atoms with van der Waals surface area (Å²) in [5.41, 5.74) is 2.77. The summed E-state index contributed by atoms with van der Waals surface area (Å²) in [6.45, 7) is 5.79. The Hall–Kier alpha value is -1.71. The second-order valence-corrected chi connectivity index (χ2v) is 5.76. The molecule has 0 unspecified atom stereocenters. The molecule has 1 aromatic rings. The average molecular weight is 257 g/mol. The van der Waals surface area contributed by atoms with Crippen molar-refractivity contribution in [2.24, 2.45) is 11.8 Å². The summed E-state index contributed by atoms with van der Waals surface area (Å²) in [4.78, 5) is 22.7. The number of carbonyl (C=O) groups excluding carboxylic acids is 1. The molecule has 1 saturated heterocycles. The van der Waals surface area contributed by atoms with E-state index in [4.69, 9.17) is 0 Å². The van der Waals surface area contributed by atoms with Gasteiger partial charge in [0.1, 0.15) is 5.69 Å². The molecule has 0 spiro atoms. The van der Waals surface area contributed by atoms with Crippen LogP contribution in [0.1, 0.15) is 35.9 Å². The van der Waals surface area contributed by atoms with Gasteiger partial charge < -0.3 is 4.90 Å². The maximum Gasteiger partial charge on any atom is 0.274 e. The fourth-order valence-corrected chi connectivity index (χ4v) is 3.12. The van der Waals surface area contributed by atoms with Crippen LogP contribution >= 0.6 is 0 Å². The molecule has 0 saturated carbocycles. The van der Waals surface area contributed by atoms with Gasteiger partial charge in [-0.25, -0.2) is 4.98 Å². The van der Waals surface area contributed by atoms with E-state index in [2.05, 4.69) is 23.0 Å². The quantitative estimate of drug-likeness (QED) is 0.725. The van der Waals surface area contributed by atoms with E-state index in [0.717, 1.165) is 31.6 Å². The minimum absolute atomic E-state index is 0.0274. The highest BCUT2D eigenvalue weighted by Crippen LogP contribution is 2.35. The third-order valence-electron chi connectivity index (χ3n) is 4.22. The number of rotatable bonds is 1. The molecular formula is C15H19N3O. The molecule has 0 bridgehead atoms. The minimum atomic E-state index is 0.0274. The number of hydrogen-bond donors (Lipinski definition) is 0. The fraction of sp³-hybridized carbons (Fsp3) is 0.533. The molecule has 19 heavy (non-hydrogen) atoms. The SMILES string of the molecule is CC1=CC[C@H]2CN(C(=O)c3cnc(C)cn3)C[C@H]2C1. The van der Waals surface area contributed by atoms with E-state index in [0.29, 0.717) is 17.5 Å². The third-order valence-corrected chi connectivity index (χ3v) is 4.22. The predicted molar refractivity (Wildman–Crippen MR) is 72.6 cm³/mol. The zero-order valence-corrected chi connectivity index (χ0v) is 11.5. The summed E-state index contributed by atoms with van der Waals surface area (Å²) in [5.74, 6) is 1.29. The molecule has 1 aromatic heterocycles. The highest BCUT2D eigenvalue weighted by molar-refractivity contribution is 5.92. The monoisotopic (exact) mass is 257 g/mol. The summed E-state index contributed by atoms with van der Waals surface area (Å²) in [5, 5.41) is 0. The van der Waals surface area contributed by atoms with E-state index < -0.39 is 0 Å². The Morgan fingerprint density at radius 2 is 2.00 bits per heavy atom. The molecule has 2 atom stereocenters. The Labute approximate surface area is 113 Å². The molecular weight excluding hydrogens is 238 g/mol. The fourth-order valence-electron chi connectivity index (χ4n) is 3.12. The number of allylic oxidation sites excluding steroid dienone is 2. The lowest BCUT2D eigenvalue weighted by Crippen LogP contribution is -2.29. The normalized spacial score (nSPS) is 26.0. The van der Waals surface area contributed by atoms with Crippen LogP contribution in [0.25, 0.3) is 0 Å². The van der Waals surface area contributed by atoms with Gasteiger partial charge in [-0.05, 0) is 38.5 Å². The van der Waals surface area contributed by atoms with Gasteiger partial charge in [0.2, 0.25) is 0 Å². The lowest BCUT2D eigenvalue weighted by molar-refractivity contribution is 0.0778. The van der Waals surface area contributed by atoms with Crippen LogP contribution < -0.4 is 0 Å². The van der Waals surface area contributed by atoms with Gasteiger partial charge in [-0.15, -0.1) is 0 Å². The van der Waals surface area contributed by atoms with Crippen molar-refractivity contribution in [3.63, 3.8) is 0 Å². The van der Waals surface area contributed by atoms with Crippen molar-refractivity contribution >= 4 is 5.91 Å². The Bertz CT molecular complexity index is 521. The average Bonchev–Trinajstić information content (AvgIpc) is 2.81. The van der Waals surface area contributed by atoms with Crippen LogP contribution in [-0.4, -0.2) is 33.9 Å².